The average molecular weight is 469 g/mol. The van der Waals surface area contributed by atoms with E-state index in [1.165, 1.54) is 30.5 Å². The predicted octanol–water partition coefficient (Wildman–Crippen LogP) is 3.18. The Morgan fingerprint density at radius 2 is 1.61 bits per heavy atom. The van der Waals surface area contributed by atoms with Gasteiger partial charge in [0, 0.05) is 0 Å². The van der Waals surface area contributed by atoms with Crippen LogP contribution in [-0.2, 0) is 14.8 Å². The van der Waals surface area contributed by atoms with E-state index in [0.29, 0.717) is 5.56 Å². The van der Waals surface area contributed by atoms with Crippen molar-refractivity contribution in [3.8, 4) is 0 Å². The molecule has 170 valence electrons. The van der Waals surface area contributed by atoms with Gasteiger partial charge in [-0.05, 0) is 61.0 Å². The van der Waals surface area contributed by atoms with Crippen molar-refractivity contribution in [2.75, 3.05) is 10.8 Å². The van der Waals surface area contributed by atoms with E-state index in [1.54, 1.807) is 24.3 Å². The van der Waals surface area contributed by atoms with Gasteiger partial charge in [-0.1, -0.05) is 29.8 Å². The molecule has 1 amide bonds. The maximum absolute atomic E-state index is 13.3. The first-order valence-corrected chi connectivity index (χ1v) is 11.1. The number of aromatic carboxylic acids is 1. The van der Waals surface area contributed by atoms with Gasteiger partial charge >= 0.3 is 5.97 Å². The molecule has 0 aliphatic carbocycles. The lowest BCUT2D eigenvalue weighted by Crippen LogP contribution is -2.39. The number of hydrogen-bond donors (Lipinski definition) is 2. The van der Waals surface area contributed by atoms with Gasteiger partial charge in [0.1, 0.15) is 12.4 Å². The third-order valence-electron chi connectivity index (χ3n) is 4.57. The number of hydrogen-bond acceptors (Lipinski definition) is 5. The number of anilines is 1. The number of carboxylic acid groups (broad SMARTS) is 1. The first-order valence-electron chi connectivity index (χ1n) is 9.67. The summed E-state index contributed by atoms with van der Waals surface area (Å²) in [7, 11) is -4.17. The van der Waals surface area contributed by atoms with Crippen molar-refractivity contribution in [3.05, 3.63) is 95.3 Å². The van der Waals surface area contributed by atoms with Crippen LogP contribution in [0.1, 0.15) is 21.5 Å². The molecule has 0 aliphatic heterocycles. The molecule has 33 heavy (non-hydrogen) atoms. The van der Waals surface area contributed by atoms with Crippen LogP contribution < -0.4 is 9.73 Å². The molecule has 3 aromatic rings. The molecular weight excluding hydrogens is 449 g/mol. The molecule has 8 nitrogen and oxygen atoms in total. The Balaban J connectivity index is 1.79. The van der Waals surface area contributed by atoms with Crippen LogP contribution in [0, 0.1) is 12.7 Å². The van der Waals surface area contributed by atoms with E-state index in [-0.39, 0.29) is 16.1 Å². The molecule has 0 aliphatic rings. The number of rotatable bonds is 8. The molecule has 0 heterocycles. The van der Waals surface area contributed by atoms with Gasteiger partial charge in [-0.2, -0.15) is 5.10 Å². The molecule has 3 aromatic carbocycles. The van der Waals surface area contributed by atoms with Crippen LogP contribution in [-0.4, -0.2) is 38.2 Å². The first-order chi connectivity index (χ1) is 15.7. The maximum Gasteiger partial charge on any atom is 0.335 e. The second kappa shape index (κ2) is 10.0. The van der Waals surface area contributed by atoms with Crippen molar-refractivity contribution >= 4 is 33.8 Å². The molecule has 0 radical (unpaired) electrons. The van der Waals surface area contributed by atoms with Crippen molar-refractivity contribution in [1.82, 2.24) is 5.43 Å². The molecule has 10 heteroatoms. The number of hydrazone groups is 1. The molecule has 0 aromatic heterocycles. The van der Waals surface area contributed by atoms with Gasteiger partial charge in [-0.15, -0.1) is 0 Å². The molecule has 0 saturated carbocycles. The van der Waals surface area contributed by atoms with Gasteiger partial charge in [0.25, 0.3) is 15.9 Å². The quantitative estimate of drug-likeness (QED) is 0.388. The lowest BCUT2D eigenvalue weighted by molar-refractivity contribution is -0.119. The highest BCUT2D eigenvalue weighted by Gasteiger charge is 2.27. The Hall–Kier alpha value is -4.05. The molecule has 2 N–H and O–H groups in total. The number of aryl methyl sites for hydroxylation is 1. The summed E-state index contributed by atoms with van der Waals surface area (Å²) in [6.45, 7) is 1.27. The summed E-state index contributed by atoms with van der Waals surface area (Å²) in [5, 5.41) is 12.7. The minimum absolute atomic E-state index is 0.107. The lowest BCUT2D eigenvalue weighted by Gasteiger charge is -2.23. The summed E-state index contributed by atoms with van der Waals surface area (Å²) < 4.78 is 40.6. The number of carboxylic acids is 1. The van der Waals surface area contributed by atoms with Crippen molar-refractivity contribution in [1.29, 1.82) is 0 Å². The van der Waals surface area contributed by atoms with E-state index in [0.717, 1.165) is 34.1 Å². The van der Waals surface area contributed by atoms with Crippen LogP contribution in [0.2, 0.25) is 0 Å². The molecule has 0 atom stereocenters. The van der Waals surface area contributed by atoms with Crippen molar-refractivity contribution < 1.29 is 27.5 Å². The fourth-order valence-electron chi connectivity index (χ4n) is 2.82. The number of carbonyl (C=O) groups is 2. The largest absolute Gasteiger partial charge is 0.478 e. The number of sulfonamides is 1. The molecule has 3 rings (SSSR count). The summed E-state index contributed by atoms with van der Waals surface area (Å²) in [6, 6.07) is 16.7. The van der Waals surface area contributed by atoms with Gasteiger partial charge in [0.15, 0.2) is 0 Å². The van der Waals surface area contributed by atoms with Crippen molar-refractivity contribution in [2.45, 2.75) is 11.8 Å². The SMILES string of the molecule is Cc1ccc(N(CC(=O)NN=Cc2ccc(C(=O)O)cc2)S(=O)(=O)c2ccc(F)cc2)cc1. The Morgan fingerprint density at radius 3 is 2.18 bits per heavy atom. The number of halogens is 1. The van der Waals surface area contributed by atoms with Crippen LogP contribution in [0.15, 0.2) is 82.8 Å². The monoisotopic (exact) mass is 469 g/mol. The number of nitrogens with zero attached hydrogens (tertiary/aromatic N) is 2. The highest BCUT2D eigenvalue weighted by atomic mass is 32.2. The number of amides is 1. The molecule has 0 saturated heterocycles. The Labute approximate surface area is 190 Å². The zero-order chi connectivity index (χ0) is 24.0. The van der Waals surface area contributed by atoms with E-state index in [9.17, 15) is 22.4 Å². The van der Waals surface area contributed by atoms with Crippen LogP contribution >= 0.6 is 0 Å². The predicted molar refractivity (Wildman–Crippen MR) is 121 cm³/mol. The molecular formula is C23H20FN3O5S. The second-order valence-electron chi connectivity index (χ2n) is 7.02. The highest BCUT2D eigenvalue weighted by Crippen LogP contribution is 2.24. The molecule has 0 bridgehead atoms. The lowest BCUT2D eigenvalue weighted by atomic mass is 10.1. The topological polar surface area (TPSA) is 116 Å². The zero-order valence-corrected chi connectivity index (χ0v) is 18.3. The Kier molecular flexibility index (Phi) is 7.19. The summed E-state index contributed by atoms with van der Waals surface area (Å²) in [5.74, 6) is -2.36. The third-order valence-corrected chi connectivity index (χ3v) is 6.36. The maximum atomic E-state index is 13.3. The summed E-state index contributed by atoms with van der Waals surface area (Å²) in [5.41, 5.74) is 4.07. The van der Waals surface area contributed by atoms with Gasteiger partial charge in [0.05, 0.1) is 22.4 Å². The van der Waals surface area contributed by atoms with Gasteiger partial charge in [-0.3, -0.25) is 9.10 Å². The van der Waals surface area contributed by atoms with Crippen molar-refractivity contribution in [3.63, 3.8) is 0 Å². The van der Waals surface area contributed by atoms with Crippen LogP contribution in [0.25, 0.3) is 0 Å². The first kappa shape index (κ1) is 23.6. The van der Waals surface area contributed by atoms with Crippen molar-refractivity contribution in [2.24, 2.45) is 5.10 Å². The highest BCUT2D eigenvalue weighted by molar-refractivity contribution is 7.92. The minimum Gasteiger partial charge on any atom is -0.478 e. The number of nitrogens with one attached hydrogen (secondary N) is 1. The zero-order valence-electron chi connectivity index (χ0n) is 17.5. The van der Waals surface area contributed by atoms with E-state index in [2.05, 4.69) is 10.5 Å². The van der Waals surface area contributed by atoms with E-state index in [1.807, 2.05) is 6.92 Å². The van der Waals surface area contributed by atoms with Gasteiger partial charge in [-0.25, -0.2) is 23.0 Å². The third kappa shape index (κ3) is 6.01. The van der Waals surface area contributed by atoms with E-state index in [4.69, 9.17) is 5.11 Å². The summed E-state index contributed by atoms with van der Waals surface area (Å²) in [4.78, 5) is 23.2. The molecule has 0 fully saturated rings. The average Bonchev–Trinajstić information content (AvgIpc) is 2.79. The van der Waals surface area contributed by atoms with Crippen LogP contribution in [0.3, 0.4) is 0 Å². The summed E-state index contributed by atoms with van der Waals surface area (Å²) in [6.07, 6.45) is 1.30. The molecule has 0 spiro atoms. The second-order valence-corrected chi connectivity index (χ2v) is 8.88. The van der Waals surface area contributed by atoms with E-state index >= 15 is 0 Å². The van der Waals surface area contributed by atoms with E-state index < -0.39 is 34.3 Å². The fourth-order valence-corrected chi connectivity index (χ4v) is 4.24. The Bertz CT molecular complexity index is 1270. The smallest absolute Gasteiger partial charge is 0.335 e. The fraction of sp³-hybridized carbons (Fsp3) is 0.0870. The molecule has 0 unspecified atom stereocenters. The van der Waals surface area contributed by atoms with Crippen LogP contribution in [0.5, 0.6) is 0 Å². The standard InChI is InChI=1S/C23H20FN3O5S/c1-16-2-10-20(11-3-16)27(33(31,32)21-12-8-19(24)9-13-21)15-22(28)26-25-14-17-4-6-18(7-5-17)23(29)30/h2-14H,15H2,1H3,(H,26,28)(H,29,30). The van der Waals surface area contributed by atoms with Gasteiger partial charge in [0.2, 0.25) is 0 Å². The normalized spacial score (nSPS) is 11.3. The van der Waals surface area contributed by atoms with Crippen LogP contribution in [0.4, 0.5) is 10.1 Å². The van der Waals surface area contributed by atoms with Gasteiger partial charge < -0.3 is 5.11 Å². The number of carbonyl (C=O) groups excluding carboxylic acids is 1. The summed E-state index contributed by atoms with van der Waals surface area (Å²) >= 11 is 0. The number of benzene rings is 3. The Morgan fingerprint density at radius 1 is 1.00 bits per heavy atom. The minimum atomic E-state index is -4.17.